The zero-order valence-corrected chi connectivity index (χ0v) is 11.8. The lowest BCUT2D eigenvalue weighted by atomic mass is 10.1. The molecule has 0 spiro atoms. The summed E-state index contributed by atoms with van der Waals surface area (Å²) in [6, 6.07) is 8.27. The molecule has 0 saturated carbocycles. The maximum atomic E-state index is 5.46. The first-order chi connectivity index (χ1) is 9.28. The molecule has 0 amide bonds. The molecule has 0 aromatic heterocycles. The summed E-state index contributed by atoms with van der Waals surface area (Å²) >= 11 is 0. The summed E-state index contributed by atoms with van der Waals surface area (Å²) in [7, 11) is 2.20. The van der Waals surface area contributed by atoms with Gasteiger partial charge in [0.1, 0.15) is 12.4 Å². The Hall–Kier alpha value is -1.32. The highest BCUT2D eigenvalue weighted by atomic mass is 16.5. The van der Waals surface area contributed by atoms with E-state index in [2.05, 4.69) is 36.0 Å². The van der Waals surface area contributed by atoms with Crippen molar-refractivity contribution >= 4 is 0 Å². The molecule has 0 radical (unpaired) electrons. The summed E-state index contributed by atoms with van der Waals surface area (Å²) in [6.45, 7) is 8.70. The fourth-order valence-electron chi connectivity index (χ4n) is 2.47. The van der Waals surface area contributed by atoms with Gasteiger partial charge in [0.25, 0.3) is 0 Å². The second kappa shape index (κ2) is 7.31. The first-order valence-electron chi connectivity index (χ1n) is 7.00. The van der Waals surface area contributed by atoms with Crippen LogP contribution in [0, 0.1) is 5.92 Å². The van der Waals surface area contributed by atoms with Crippen LogP contribution in [0.1, 0.15) is 12.0 Å². The molecule has 1 aromatic rings. The van der Waals surface area contributed by atoms with Crippen molar-refractivity contribution in [1.29, 1.82) is 0 Å². The monoisotopic (exact) mass is 260 g/mol. The normalized spacial score (nSPS) is 19.5. The van der Waals surface area contributed by atoms with Crippen LogP contribution in [0.15, 0.2) is 36.9 Å². The molecule has 1 aliphatic heterocycles. The minimum atomic E-state index is 0.562. The third-order valence-electron chi connectivity index (χ3n) is 3.54. The number of likely N-dealkylation sites (tertiary alicyclic amines) is 1. The van der Waals surface area contributed by atoms with Crippen molar-refractivity contribution in [3.05, 3.63) is 42.5 Å². The van der Waals surface area contributed by atoms with Crippen LogP contribution < -0.4 is 10.1 Å². The summed E-state index contributed by atoms with van der Waals surface area (Å²) in [5.41, 5.74) is 1.30. The van der Waals surface area contributed by atoms with E-state index in [4.69, 9.17) is 4.74 Å². The van der Waals surface area contributed by atoms with Crippen LogP contribution in [0.25, 0.3) is 0 Å². The van der Waals surface area contributed by atoms with Crippen LogP contribution in [0.3, 0.4) is 0 Å². The standard InChI is InChI=1S/C16H24N2O/c1-3-10-19-16-6-4-14(5-7-16)11-17-12-15-8-9-18(2)13-15/h3-7,15,17H,1,8-13H2,2H3. The van der Waals surface area contributed by atoms with E-state index in [1.807, 2.05) is 12.1 Å². The van der Waals surface area contributed by atoms with Gasteiger partial charge in [-0.05, 0) is 50.2 Å². The Morgan fingerprint density at radius 1 is 1.42 bits per heavy atom. The zero-order valence-electron chi connectivity index (χ0n) is 11.8. The van der Waals surface area contributed by atoms with E-state index in [0.717, 1.165) is 24.8 Å². The molecule has 1 saturated heterocycles. The molecule has 0 bridgehead atoms. The number of nitrogens with one attached hydrogen (secondary N) is 1. The molecule has 1 heterocycles. The second-order valence-electron chi connectivity index (χ2n) is 5.29. The van der Waals surface area contributed by atoms with E-state index in [1.54, 1.807) is 6.08 Å². The van der Waals surface area contributed by atoms with Crippen LogP contribution in [-0.4, -0.2) is 38.2 Å². The minimum absolute atomic E-state index is 0.562. The van der Waals surface area contributed by atoms with E-state index >= 15 is 0 Å². The van der Waals surface area contributed by atoms with E-state index in [9.17, 15) is 0 Å². The smallest absolute Gasteiger partial charge is 0.119 e. The molecule has 2 rings (SSSR count). The van der Waals surface area contributed by atoms with Gasteiger partial charge in [0.05, 0.1) is 0 Å². The zero-order chi connectivity index (χ0) is 13.5. The Bertz CT molecular complexity index is 388. The van der Waals surface area contributed by atoms with Crippen molar-refractivity contribution in [2.45, 2.75) is 13.0 Å². The van der Waals surface area contributed by atoms with Gasteiger partial charge in [-0.3, -0.25) is 0 Å². The van der Waals surface area contributed by atoms with Gasteiger partial charge < -0.3 is 15.0 Å². The van der Waals surface area contributed by atoms with Crippen LogP contribution >= 0.6 is 0 Å². The molecule has 3 nitrogen and oxygen atoms in total. The predicted molar refractivity (Wildman–Crippen MR) is 79.4 cm³/mol. The Kier molecular flexibility index (Phi) is 5.43. The van der Waals surface area contributed by atoms with Crippen LogP contribution in [0.5, 0.6) is 5.75 Å². The Balaban J connectivity index is 1.69. The van der Waals surface area contributed by atoms with E-state index in [-0.39, 0.29) is 0 Å². The van der Waals surface area contributed by atoms with Crippen molar-refractivity contribution in [2.75, 3.05) is 33.3 Å². The fraction of sp³-hybridized carbons (Fsp3) is 0.500. The molecule has 19 heavy (non-hydrogen) atoms. The van der Waals surface area contributed by atoms with Crippen LogP contribution in [-0.2, 0) is 6.54 Å². The summed E-state index contributed by atoms with van der Waals surface area (Å²) in [4.78, 5) is 2.40. The number of hydrogen-bond acceptors (Lipinski definition) is 3. The van der Waals surface area contributed by atoms with Gasteiger partial charge in [-0.1, -0.05) is 24.8 Å². The molecule has 1 aromatic carbocycles. The molecule has 1 fully saturated rings. The quantitative estimate of drug-likeness (QED) is 0.761. The van der Waals surface area contributed by atoms with Gasteiger partial charge >= 0.3 is 0 Å². The van der Waals surface area contributed by atoms with Crippen molar-refractivity contribution in [2.24, 2.45) is 5.92 Å². The van der Waals surface area contributed by atoms with Gasteiger partial charge in [-0.15, -0.1) is 0 Å². The van der Waals surface area contributed by atoms with Gasteiger partial charge in [-0.2, -0.15) is 0 Å². The number of nitrogens with zero attached hydrogens (tertiary/aromatic N) is 1. The third-order valence-corrected chi connectivity index (χ3v) is 3.54. The van der Waals surface area contributed by atoms with Crippen molar-refractivity contribution in [3.8, 4) is 5.75 Å². The minimum Gasteiger partial charge on any atom is -0.490 e. The average molecular weight is 260 g/mol. The molecule has 1 unspecified atom stereocenters. The Labute approximate surface area is 116 Å². The second-order valence-corrected chi connectivity index (χ2v) is 5.29. The third kappa shape index (κ3) is 4.69. The number of ether oxygens (including phenoxy) is 1. The highest BCUT2D eigenvalue weighted by Crippen LogP contribution is 2.14. The van der Waals surface area contributed by atoms with Gasteiger partial charge in [0.15, 0.2) is 0 Å². The van der Waals surface area contributed by atoms with Crippen molar-refractivity contribution in [3.63, 3.8) is 0 Å². The number of benzene rings is 1. The van der Waals surface area contributed by atoms with Gasteiger partial charge in [0, 0.05) is 13.1 Å². The first kappa shape index (κ1) is 14.1. The van der Waals surface area contributed by atoms with E-state index in [1.165, 1.54) is 25.1 Å². The molecule has 3 heteroatoms. The van der Waals surface area contributed by atoms with Crippen molar-refractivity contribution < 1.29 is 4.74 Å². The first-order valence-corrected chi connectivity index (χ1v) is 7.00. The van der Waals surface area contributed by atoms with Gasteiger partial charge in [0.2, 0.25) is 0 Å². The van der Waals surface area contributed by atoms with E-state index in [0.29, 0.717) is 6.61 Å². The summed E-state index contributed by atoms with van der Waals surface area (Å²) in [5, 5.41) is 3.54. The number of hydrogen-bond donors (Lipinski definition) is 1. The molecular weight excluding hydrogens is 236 g/mol. The molecule has 104 valence electrons. The largest absolute Gasteiger partial charge is 0.490 e. The molecular formula is C16H24N2O. The van der Waals surface area contributed by atoms with Crippen LogP contribution in [0.4, 0.5) is 0 Å². The maximum Gasteiger partial charge on any atom is 0.119 e. The molecule has 0 aliphatic carbocycles. The van der Waals surface area contributed by atoms with E-state index < -0.39 is 0 Å². The summed E-state index contributed by atoms with van der Waals surface area (Å²) < 4.78 is 5.46. The topological polar surface area (TPSA) is 24.5 Å². The molecule has 1 atom stereocenters. The molecule has 1 aliphatic rings. The lowest BCUT2D eigenvalue weighted by molar-refractivity contribution is 0.363. The van der Waals surface area contributed by atoms with Crippen LogP contribution in [0.2, 0.25) is 0 Å². The lowest BCUT2D eigenvalue weighted by Gasteiger charge is -2.12. The lowest BCUT2D eigenvalue weighted by Crippen LogP contribution is -2.24. The highest BCUT2D eigenvalue weighted by molar-refractivity contribution is 5.27. The number of rotatable bonds is 7. The fourth-order valence-corrected chi connectivity index (χ4v) is 2.47. The molecule has 1 N–H and O–H groups in total. The Morgan fingerprint density at radius 3 is 2.84 bits per heavy atom. The summed E-state index contributed by atoms with van der Waals surface area (Å²) in [6.07, 6.45) is 3.08. The van der Waals surface area contributed by atoms with Crippen molar-refractivity contribution in [1.82, 2.24) is 10.2 Å². The summed E-state index contributed by atoms with van der Waals surface area (Å²) in [5.74, 6) is 1.71. The average Bonchev–Trinajstić information content (AvgIpc) is 2.84. The SMILES string of the molecule is C=CCOc1ccc(CNCC2CCN(C)C2)cc1. The van der Waals surface area contributed by atoms with Gasteiger partial charge in [-0.25, -0.2) is 0 Å². The Morgan fingerprint density at radius 2 is 2.21 bits per heavy atom. The maximum absolute atomic E-state index is 5.46. The highest BCUT2D eigenvalue weighted by Gasteiger charge is 2.18. The predicted octanol–water partition coefficient (Wildman–Crippen LogP) is 2.29.